The lowest BCUT2D eigenvalue weighted by Gasteiger charge is -2.51. The van der Waals surface area contributed by atoms with Crippen LogP contribution < -0.4 is 5.32 Å². The first kappa shape index (κ1) is 23.7. The van der Waals surface area contributed by atoms with Crippen molar-refractivity contribution in [3.63, 3.8) is 0 Å². The Kier molecular flexibility index (Phi) is 7.47. The minimum atomic E-state index is -0.292. The van der Waals surface area contributed by atoms with E-state index in [1.54, 1.807) is 0 Å². The summed E-state index contributed by atoms with van der Waals surface area (Å²) >= 11 is 1.52. The number of carbonyl (C=O) groups is 2. The molecule has 3 aliphatic heterocycles. The predicted molar refractivity (Wildman–Crippen MR) is 135 cm³/mol. The molecule has 1 aromatic carbocycles. The van der Waals surface area contributed by atoms with Gasteiger partial charge in [0.1, 0.15) is 13.1 Å². The molecule has 0 radical (unpaired) electrons. The smallest absolute Gasteiger partial charge is 0.315 e. The van der Waals surface area contributed by atoms with Gasteiger partial charge in [0.25, 0.3) is 0 Å². The SMILES string of the molecule is O=C(C[N+]12CCC(CC1)[C@@H](OC(=O)C(CNC1CCCCC1)c1ccccc1)C2)c1cccs1. The maximum Gasteiger partial charge on any atom is 0.315 e. The molecular formula is C28H37N2O3S+. The third-order valence-corrected chi connectivity index (χ3v) is 9.20. The first-order valence-electron chi connectivity index (χ1n) is 13.0. The number of thiophene rings is 1. The number of nitrogens with zero attached hydrogens (tertiary/aromatic N) is 1. The molecule has 2 atom stereocenters. The van der Waals surface area contributed by atoms with E-state index in [0.29, 0.717) is 25.0 Å². The van der Waals surface area contributed by atoms with Gasteiger partial charge in [-0.15, -0.1) is 11.3 Å². The van der Waals surface area contributed by atoms with E-state index in [1.165, 1.54) is 43.4 Å². The number of benzene rings is 1. The van der Waals surface area contributed by atoms with Gasteiger partial charge in [-0.2, -0.15) is 0 Å². The second kappa shape index (κ2) is 10.7. The summed E-state index contributed by atoms with van der Waals surface area (Å²) in [6.45, 7) is 3.95. The molecule has 34 heavy (non-hydrogen) atoms. The molecule has 0 spiro atoms. The summed E-state index contributed by atoms with van der Waals surface area (Å²) in [4.78, 5) is 27.3. The van der Waals surface area contributed by atoms with Crippen molar-refractivity contribution >= 4 is 23.1 Å². The normalized spacial score (nSPS) is 27.9. The van der Waals surface area contributed by atoms with E-state index in [9.17, 15) is 9.59 Å². The largest absolute Gasteiger partial charge is 0.456 e. The van der Waals surface area contributed by atoms with Crippen molar-refractivity contribution in [1.82, 2.24) is 5.32 Å². The highest BCUT2D eigenvalue weighted by molar-refractivity contribution is 7.12. The molecule has 5 nitrogen and oxygen atoms in total. The van der Waals surface area contributed by atoms with Gasteiger partial charge in [-0.05, 0) is 29.9 Å². The van der Waals surface area contributed by atoms with E-state index in [-0.39, 0.29) is 23.8 Å². The van der Waals surface area contributed by atoms with E-state index >= 15 is 0 Å². The van der Waals surface area contributed by atoms with Crippen LogP contribution in [0.25, 0.3) is 0 Å². The van der Waals surface area contributed by atoms with Gasteiger partial charge in [0, 0.05) is 31.3 Å². The number of fused-ring (bicyclic) bond motifs is 3. The van der Waals surface area contributed by atoms with Crippen molar-refractivity contribution in [3.8, 4) is 0 Å². The Labute approximate surface area is 207 Å². The number of nitrogens with one attached hydrogen (secondary N) is 1. The third-order valence-electron chi connectivity index (χ3n) is 8.29. The molecule has 6 heteroatoms. The topological polar surface area (TPSA) is 55.4 Å². The van der Waals surface area contributed by atoms with Gasteiger partial charge in [-0.25, -0.2) is 0 Å². The lowest BCUT2D eigenvalue weighted by molar-refractivity contribution is -0.938. The fraction of sp³-hybridized carbons (Fsp3) is 0.571. The number of hydrogen-bond acceptors (Lipinski definition) is 5. The Morgan fingerprint density at radius 2 is 1.76 bits per heavy atom. The quantitative estimate of drug-likeness (QED) is 0.318. The highest BCUT2D eigenvalue weighted by Crippen LogP contribution is 2.37. The number of rotatable bonds is 9. The summed E-state index contributed by atoms with van der Waals surface area (Å²) in [6.07, 6.45) is 8.22. The van der Waals surface area contributed by atoms with Crippen LogP contribution in [-0.4, -0.2) is 61.1 Å². The van der Waals surface area contributed by atoms with Gasteiger partial charge in [0.15, 0.2) is 6.10 Å². The summed E-state index contributed by atoms with van der Waals surface area (Å²) in [5, 5.41) is 5.64. The number of ketones is 1. The maximum atomic E-state index is 13.5. The van der Waals surface area contributed by atoms with Gasteiger partial charge in [0.2, 0.25) is 5.78 Å². The van der Waals surface area contributed by atoms with Gasteiger partial charge in [0.05, 0.1) is 23.9 Å². The Morgan fingerprint density at radius 3 is 2.47 bits per heavy atom. The zero-order chi connectivity index (χ0) is 23.4. The van der Waals surface area contributed by atoms with Crippen molar-refractivity contribution in [2.24, 2.45) is 5.92 Å². The van der Waals surface area contributed by atoms with E-state index in [0.717, 1.165) is 47.4 Å². The Hall–Kier alpha value is -2.02. The van der Waals surface area contributed by atoms with Crippen molar-refractivity contribution in [2.45, 2.75) is 63.0 Å². The first-order valence-corrected chi connectivity index (χ1v) is 13.9. The summed E-state index contributed by atoms with van der Waals surface area (Å²) < 4.78 is 7.04. The van der Waals surface area contributed by atoms with Crippen molar-refractivity contribution < 1.29 is 18.8 Å². The Morgan fingerprint density at radius 1 is 1.00 bits per heavy atom. The standard InChI is InChI=1S/C28H37N2O3S/c31-25(27-12-7-17-34-27)19-30-15-13-22(14-16-30)26(20-30)33-28(32)24(21-8-3-1-4-9-21)18-29-23-10-5-2-6-11-23/h1,3-4,7-9,12,17,22-24,26,29H,2,5-6,10-11,13-16,18-20H2/q+1/t22?,24?,26-,30?/m0/s1. The number of quaternary nitrogens is 1. The molecule has 1 aromatic heterocycles. The summed E-state index contributed by atoms with van der Waals surface area (Å²) in [7, 11) is 0. The Balaban J connectivity index is 1.25. The van der Waals surface area contributed by atoms with Crippen LogP contribution in [0.15, 0.2) is 47.8 Å². The molecule has 1 aliphatic carbocycles. The average molecular weight is 482 g/mol. The maximum absolute atomic E-state index is 13.5. The van der Waals surface area contributed by atoms with Crippen LogP contribution in [0.3, 0.4) is 0 Å². The molecule has 3 saturated heterocycles. The van der Waals surface area contributed by atoms with Crippen molar-refractivity contribution in [1.29, 1.82) is 0 Å². The van der Waals surface area contributed by atoms with E-state index in [4.69, 9.17) is 4.74 Å². The number of ether oxygens (including phenoxy) is 1. The number of esters is 1. The van der Waals surface area contributed by atoms with Crippen LogP contribution in [0.4, 0.5) is 0 Å². The molecule has 0 amide bonds. The van der Waals surface area contributed by atoms with Crippen molar-refractivity contribution in [2.75, 3.05) is 32.7 Å². The minimum Gasteiger partial charge on any atom is -0.456 e. The lowest BCUT2D eigenvalue weighted by atomic mass is 9.82. The zero-order valence-electron chi connectivity index (χ0n) is 20.0. The molecule has 1 N–H and O–H groups in total. The van der Waals surface area contributed by atoms with E-state index in [1.807, 2.05) is 47.8 Å². The van der Waals surface area contributed by atoms with Crippen LogP contribution in [0.1, 0.15) is 66.1 Å². The molecule has 182 valence electrons. The minimum absolute atomic E-state index is 0.0907. The number of Topliss-reactive ketones (excluding diaryl/α,β-unsaturated/α-hetero) is 1. The summed E-state index contributed by atoms with van der Waals surface area (Å²) in [5.41, 5.74) is 1.02. The van der Waals surface area contributed by atoms with E-state index in [2.05, 4.69) is 5.32 Å². The van der Waals surface area contributed by atoms with Gasteiger partial charge < -0.3 is 14.5 Å². The first-order chi connectivity index (χ1) is 16.6. The average Bonchev–Trinajstić information content (AvgIpc) is 3.41. The molecule has 6 rings (SSSR count). The number of hydrogen-bond donors (Lipinski definition) is 1. The molecule has 4 fully saturated rings. The number of carbonyl (C=O) groups excluding carboxylic acids is 2. The molecule has 2 bridgehead atoms. The van der Waals surface area contributed by atoms with Gasteiger partial charge in [-0.1, -0.05) is 55.7 Å². The second-order valence-corrected chi connectivity index (χ2v) is 11.5. The molecule has 4 heterocycles. The van der Waals surface area contributed by atoms with E-state index < -0.39 is 0 Å². The zero-order valence-corrected chi connectivity index (χ0v) is 20.8. The monoisotopic (exact) mass is 481 g/mol. The molecule has 1 unspecified atom stereocenters. The lowest BCUT2D eigenvalue weighted by Crippen LogP contribution is -2.65. The predicted octanol–water partition coefficient (Wildman–Crippen LogP) is 4.79. The molecule has 4 aliphatic rings. The number of piperidine rings is 3. The molecule has 2 aromatic rings. The molecule has 1 saturated carbocycles. The highest BCUT2D eigenvalue weighted by atomic mass is 32.1. The van der Waals surface area contributed by atoms with Crippen LogP contribution in [0.5, 0.6) is 0 Å². The van der Waals surface area contributed by atoms with Crippen LogP contribution in [0.2, 0.25) is 0 Å². The van der Waals surface area contributed by atoms with Crippen molar-refractivity contribution in [3.05, 3.63) is 58.3 Å². The van der Waals surface area contributed by atoms with Gasteiger partial charge in [-0.3, -0.25) is 9.59 Å². The molecular weight excluding hydrogens is 444 g/mol. The highest BCUT2D eigenvalue weighted by Gasteiger charge is 2.49. The second-order valence-electron chi connectivity index (χ2n) is 10.5. The summed E-state index contributed by atoms with van der Waals surface area (Å²) in [5.74, 6) is 0.235. The van der Waals surface area contributed by atoms with Crippen LogP contribution in [-0.2, 0) is 9.53 Å². The van der Waals surface area contributed by atoms with Crippen LogP contribution in [0, 0.1) is 5.92 Å². The van der Waals surface area contributed by atoms with Crippen LogP contribution >= 0.6 is 11.3 Å². The fourth-order valence-corrected chi connectivity index (χ4v) is 6.90. The summed E-state index contributed by atoms with van der Waals surface area (Å²) in [6, 6.07) is 14.4. The fourth-order valence-electron chi connectivity index (χ4n) is 6.24. The van der Waals surface area contributed by atoms with Gasteiger partial charge >= 0.3 is 5.97 Å². The Bertz CT molecular complexity index is 947. The third kappa shape index (κ3) is 5.45.